The van der Waals surface area contributed by atoms with Crippen molar-refractivity contribution in [2.45, 2.75) is 32.0 Å². The van der Waals surface area contributed by atoms with Crippen molar-refractivity contribution in [3.8, 4) is 5.75 Å². The molecule has 0 aromatic heterocycles. The zero-order chi connectivity index (χ0) is 13.8. The Labute approximate surface area is 111 Å². The van der Waals surface area contributed by atoms with E-state index in [4.69, 9.17) is 9.47 Å². The third kappa shape index (κ3) is 3.32. The molecule has 0 amide bonds. The van der Waals surface area contributed by atoms with E-state index in [0.29, 0.717) is 12.2 Å². The average molecular weight is 264 g/mol. The van der Waals surface area contributed by atoms with Crippen LogP contribution in [0.1, 0.15) is 31.4 Å². The molecule has 2 rings (SSSR count). The summed E-state index contributed by atoms with van der Waals surface area (Å²) >= 11 is 0. The molecule has 0 bridgehead atoms. The van der Waals surface area contributed by atoms with Crippen LogP contribution in [0.4, 0.5) is 0 Å². The molecule has 0 spiro atoms. The summed E-state index contributed by atoms with van der Waals surface area (Å²) in [6, 6.07) is 6.95. The fourth-order valence-corrected chi connectivity index (χ4v) is 1.77. The molecule has 1 aromatic rings. The molecule has 5 nitrogen and oxygen atoms in total. The average Bonchev–Trinajstić information content (AvgIpc) is 3.19. The number of carbonyl (C=O) groups excluding carboxylic acids is 2. The molecular weight excluding hydrogens is 248 g/mol. The van der Waals surface area contributed by atoms with Crippen LogP contribution in [-0.2, 0) is 19.1 Å². The Morgan fingerprint density at radius 2 is 1.95 bits per heavy atom. The number of hydrogen-bond donors (Lipinski definition) is 0. The highest BCUT2D eigenvalue weighted by atomic mass is 16.6. The summed E-state index contributed by atoms with van der Waals surface area (Å²) in [5.74, 6) is -0.119. The Morgan fingerprint density at radius 3 is 2.53 bits per heavy atom. The highest BCUT2D eigenvalue weighted by Crippen LogP contribution is 2.39. The Morgan fingerprint density at radius 1 is 1.26 bits per heavy atom. The van der Waals surface area contributed by atoms with Crippen molar-refractivity contribution in [3.63, 3.8) is 0 Å². The van der Waals surface area contributed by atoms with E-state index in [1.807, 2.05) is 6.92 Å². The quantitative estimate of drug-likeness (QED) is 0.462. The fraction of sp³-hybridized carbons (Fsp3) is 0.429. The SMILES string of the molecule is CCCC(=O)Oc1ccc([C@@H]2O[C@H]2C(=O)OC)cc1. The molecule has 0 saturated carbocycles. The van der Waals surface area contributed by atoms with Gasteiger partial charge in [0.15, 0.2) is 6.10 Å². The van der Waals surface area contributed by atoms with Crippen LogP contribution >= 0.6 is 0 Å². The van der Waals surface area contributed by atoms with E-state index < -0.39 is 6.10 Å². The predicted molar refractivity (Wildman–Crippen MR) is 66.6 cm³/mol. The molecule has 1 heterocycles. The number of ether oxygens (including phenoxy) is 3. The van der Waals surface area contributed by atoms with Gasteiger partial charge in [0.25, 0.3) is 0 Å². The number of benzene rings is 1. The van der Waals surface area contributed by atoms with Crippen LogP contribution in [0.2, 0.25) is 0 Å². The van der Waals surface area contributed by atoms with Crippen molar-refractivity contribution in [2.75, 3.05) is 7.11 Å². The molecule has 102 valence electrons. The topological polar surface area (TPSA) is 65.1 Å². The third-order valence-corrected chi connectivity index (χ3v) is 2.82. The molecule has 1 aliphatic heterocycles. The first-order valence-electron chi connectivity index (χ1n) is 6.19. The van der Waals surface area contributed by atoms with E-state index in [1.54, 1.807) is 24.3 Å². The number of esters is 2. The maximum Gasteiger partial charge on any atom is 0.338 e. The molecule has 0 unspecified atom stereocenters. The number of carbonyl (C=O) groups is 2. The van der Waals surface area contributed by atoms with E-state index in [0.717, 1.165) is 12.0 Å². The second-order valence-electron chi connectivity index (χ2n) is 4.29. The third-order valence-electron chi connectivity index (χ3n) is 2.82. The predicted octanol–water partition coefficient (Wildman–Crippen LogP) is 2.00. The lowest BCUT2D eigenvalue weighted by Gasteiger charge is -2.03. The number of epoxide rings is 1. The van der Waals surface area contributed by atoms with Gasteiger partial charge in [0.2, 0.25) is 0 Å². The second kappa shape index (κ2) is 5.84. The molecule has 0 radical (unpaired) electrons. The summed E-state index contributed by atoms with van der Waals surface area (Å²) in [7, 11) is 1.33. The summed E-state index contributed by atoms with van der Waals surface area (Å²) in [5.41, 5.74) is 0.866. The van der Waals surface area contributed by atoms with Crippen molar-refractivity contribution < 1.29 is 23.8 Å². The van der Waals surface area contributed by atoms with Gasteiger partial charge in [-0.1, -0.05) is 19.1 Å². The van der Waals surface area contributed by atoms with Crippen LogP contribution in [0, 0.1) is 0 Å². The highest BCUT2D eigenvalue weighted by Gasteiger charge is 2.47. The highest BCUT2D eigenvalue weighted by molar-refractivity contribution is 5.78. The Kier molecular flexibility index (Phi) is 4.16. The van der Waals surface area contributed by atoms with Crippen LogP contribution in [0.3, 0.4) is 0 Å². The molecule has 19 heavy (non-hydrogen) atoms. The minimum absolute atomic E-state index is 0.245. The first-order valence-corrected chi connectivity index (χ1v) is 6.19. The zero-order valence-electron chi connectivity index (χ0n) is 10.9. The van der Waals surface area contributed by atoms with Gasteiger partial charge in [0.05, 0.1) is 7.11 Å². The Balaban J connectivity index is 1.93. The lowest BCUT2D eigenvalue weighted by Crippen LogP contribution is -2.09. The smallest absolute Gasteiger partial charge is 0.338 e. The standard InChI is InChI=1S/C14H16O5/c1-3-4-11(15)18-10-7-5-9(6-8-10)12-13(19-12)14(16)17-2/h5-8,12-13H,3-4H2,1-2H3/t12-,13+/m0/s1. The monoisotopic (exact) mass is 264 g/mol. The van der Waals surface area contributed by atoms with Gasteiger partial charge in [-0.15, -0.1) is 0 Å². The lowest BCUT2D eigenvalue weighted by atomic mass is 10.1. The largest absolute Gasteiger partial charge is 0.467 e. The summed E-state index contributed by atoms with van der Waals surface area (Å²) in [6.07, 6.45) is 0.386. The van der Waals surface area contributed by atoms with Crippen LogP contribution in [-0.4, -0.2) is 25.2 Å². The molecule has 0 aliphatic carbocycles. The van der Waals surface area contributed by atoms with Crippen molar-refractivity contribution in [2.24, 2.45) is 0 Å². The minimum atomic E-state index is -0.515. The maximum absolute atomic E-state index is 11.3. The lowest BCUT2D eigenvalue weighted by molar-refractivity contribution is -0.142. The molecule has 1 fully saturated rings. The first kappa shape index (κ1) is 13.5. The van der Waals surface area contributed by atoms with Crippen LogP contribution < -0.4 is 4.74 Å². The van der Waals surface area contributed by atoms with Crippen molar-refractivity contribution >= 4 is 11.9 Å². The molecule has 1 aliphatic rings. The minimum Gasteiger partial charge on any atom is -0.467 e. The van der Waals surface area contributed by atoms with Crippen molar-refractivity contribution in [3.05, 3.63) is 29.8 Å². The summed E-state index contributed by atoms with van der Waals surface area (Å²) in [4.78, 5) is 22.5. The van der Waals surface area contributed by atoms with Gasteiger partial charge < -0.3 is 14.2 Å². The molecular formula is C14H16O5. The van der Waals surface area contributed by atoms with Gasteiger partial charge in [0, 0.05) is 6.42 Å². The Hall–Kier alpha value is -1.88. The summed E-state index contributed by atoms with van der Waals surface area (Å²) in [5, 5.41) is 0. The fourth-order valence-electron chi connectivity index (χ4n) is 1.77. The Bertz CT molecular complexity index is 465. The summed E-state index contributed by atoms with van der Waals surface area (Å²) < 4.78 is 15.0. The van der Waals surface area contributed by atoms with E-state index in [9.17, 15) is 9.59 Å². The van der Waals surface area contributed by atoms with Gasteiger partial charge in [-0.05, 0) is 24.1 Å². The summed E-state index contributed by atoms with van der Waals surface area (Å²) in [6.45, 7) is 1.92. The molecule has 1 saturated heterocycles. The first-order chi connectivity index (χ1) is 9.15. The van der Waals surface area contributed by atoms with E-state index >= 15 is 0 Å². The molecule has 1 aromatic carbocycles. The number of rotatable bonds is 5. The normalized spacial score (nSPS) is 20.7. The van der Waals surface area contributed by atoms with Gasteiger partial charge in [-0.25, -0.2) is 4.79 Å². The molecule has 0 N–H and O–H groups in total. The maximum atomic E-state index is 11.3. The zero-order valence-corrected chi connectivity index (χ0v) is 10.9. The van der Waals surface area contributed by atoms with Crippen LogP contribution in [0.15, 0.2) is 24.3 Å². The van der Waals surface area contributed by atoms with Gasteiger partial charge in [0.1, 0.15) is 11.9 Å². The molecule has 2 atom stereocenters. The van der Waals surface area contributed by atoms with Gasteiger partial charge in [-0.3, -0.25) is 4.79 Å². The second-order valence-corrected chi connectivity index (χ2v) is 4.29. The number of hydrogen-bond acceptors (Lipinski definition) is 5. The van der Waals surface area contributed by atoms with E-state index in [-0.39, 0.29) is 18.0 Å². The van der Waals surface area contributed by atoms with Crippen LogP contribution in [0.5, 0.6) is 5.75 Å². The van der Waals surface area contributed by atoms with Crippen molar-refractivity contribution in [1.82, 2.24) is 0 Å². The van der Waals surface area contributed by atoms with E-state index in [1.165, 1.54) is 7.11 Å². The van der Waals surface area contributed by atoms with Gasteiger partial charge >= 0.3 is 11.9 Å². The van der Waals surface area contributed by atoms with Crippen LogP contribution in [0.25, 0.3) is 0 Å². The van der Waals surface area contributed by atoms with Crippen molar-refractivity contribution in [1.29, 1.82) is 0 Å². The molecule has 5 heteroatoms. The van der Waals surface area contributed by atoms with E-state index in [2.05, 4.69) is 4.74 Å². The van der Waals surface area contributed by atoms with Gasteiger partial charge in [-0.2, -0.15) is 0 Å². The number of methoxy groups -OCH3 is 1.